The van der Waals surface area contributed by atoms with E-state index in [1.165, 1.54) is 5.56 Å². The van der Waals surface area contributed by atoms with Gasteiger partial charge in [0.25, 0.3) is 0 Å². The van der Waals surface area contributed by atoms with Gasteiger partial charge in [-0.25, -0.2) is 4.79 Å². The van der Waals surface area contributed by atoms with Crippen LogP contribution in [0, 0.1) is 17.2 Å². The second-order valence-electron chi connectivity index (χ2n) is 6.96. The minimum absolute atomic E-state index is 0.125. The van der Waals surface area contributed by atoms with Crippen LogP contribution in [-0.4, -0.2) is 47.9 Å². The number of likely N-dealkylation sites (tertiary alicyclic amines) is 2. The van der Waals surface area contributed by atoms with Gasteiger partial charge in [-0.1, -0.05) is 12.1 Å². The Morgan fingerprint density at radius 1 is 1.12 bits per heavy atom. The maximum atomic E-state index is 12.8. The predicted molar refractivity (Wildman–Crippen MR) is 93.6 cm³/mol. The molecule has 6 heteroatoms. The number of nitrogens with two attached hydrogens (primary N) is 1. The number of carbonyl (C=O) groups excluding carboxylic acids is 2. The molecule has 3 amide bonds. The van der Waals surface area contributed by atoms with E-state index in [1.807, 2.05) is 23.1 Å². The maximum Gasteiger partial charge on any atom is 0.314 e. The Bertz CT molecular complexity index is 689. The van der Waals surface area contributed by atoms with Crippen LogP contribution in [-0.2, 0) is 4.79 Å². The first-order valence-electron chi connectivity index (χ1n) is 8.91. The highest BCUT2D eigenvalue weighted by Crippen LogP contribution is 2.30. The highest BCUT2D eigenvalue weighted by molar-refractivity contribution is 5.80. The molecule has 0 unspecified atom stereocenters. The molecule has 0 radical (unpaired) electrons. The first-order chi connectivity index (χ1) is 12.1. The quantitative estimate of drug-likeness (QED) is 0.893. The molecular formula is C19H24N4O2. The summed E-state index contributed by atoms with van der Waals surface area (Å²) in [7, 11) is 0. The summed E-state index contributed by atoms with van der Waals surface area (Å²) in [6.45, 7) is 2.55. The molecule has 6 nitrogen and oxygen atoms in total. The first-order valence-corrected chi connectivity index (χ1v) is 8.91. The number of nitriles is 1. The fourth-order valence-corrected chi connectivity index (χ4v) is 3.93. The molecule has 1 aromatic rings. The summed E-state index contributed by atoms with van der Waals surface area (Å²) >= 11 is 0. The molecule has 25 heavy (non-hydrogen) atoms. The standard InChI is InChI=1S/C19H24N4O2/c20-12-14-3-1-4-16(11-14)15-6-9-22(10-7-15)18(24)17-5-2-8-23(13-17)19(21)25/h1,3-4,11,15,17H,2,5-10,13H2,(H2,21,25)/t17-/m0/s1. The van der Waals surface area contributed by atoms with E-state index in [0.717, 1.165) is 38.8 Å². The second-order valence-corrected chi connectivity index (χ2v) is 6.96. The zero-order valence-electron chi connectivity index (χ0n) is 14.4. The van der Waals surface area contributed by atoms with Crippen LogP contribution in [0.4, 0.5) is 4.79 Å². The van der Waals surface area contributed by atoms with Gasteiger partial charge in [0.2, 0.25) is 5.91 Å². The molecule has 1 aromatic carbocycles. The van der Waals surface area contributed by atoms with Crippen LogP contribution in [0.5, 0.6) is 0 Å². The van der Waals surface area contributed by atoms with Crippen molar-refractivity contribution >= 4 is 11.9 Å². The van der Waals surface area contributed by atoms with E-state index < -0.39 is 6.03 Å². The highest BCUT2D eigenvalue weighted by Gasteiger charge is 2.32. The van der Waals surface area contributed by atoms with Crippen LogP contribution < -0.4 is 5.73 Å². The number of amides is 3. The van der Waals surface area contributed by atoms with Crippen molar-refractivity contribution in [1.82, 2.24) is 9.80 Å². The molecule has 0 saturated carbocycles. The molecule has 3 rings (SSSR count). The SMILES string of the molecule is N#Cc1cccc(C2CCN(C(=O)[C@H]3CCCN(C(N)=O)C3)CC2)c1. The Kier molecular flexibility index (Phi) is 5.22. The molecule has 1 atom stereocenters. The lowest BCUT2D eigenvalue weighted by Gasteiger charge is -2.37. The zero-order chi connectivity index (χ0) is 17.8. The summed E-state index contributed by atoms with van der Waals surface area (Å²) in [4.78, 5) is 27.6. The van der Waals surface area contributed by atoms with E-state index in [2.05, 4.69) is 12.1 Å². The van der Waals surface area contributed by atoms with Gasteiger partial charge in [-0.15, -0.1) is 0 Å². The summed E-state index contributed by atoms with van der Waals surface area (Å²) in [6, 6.07) is 9.50. The maximum absolute atomic E-state index is 12.8. The van der Waals surface area contributed by atoms with Gasteiger partial charge >= 0.3 is 6.03 Å². The Morgan fingerprint density at radius 3 is 2.56 bits per heavy atom. The number of rotatable bonds is 2. The molecule has 0 aromatic heterocycles. The number of hydrogen-bond acceptors (Lipinski definition) is 3. The van der Waals surface area contributed by atoms with Crippen LogP contribution in [0.25, 0.3) is 0 Å². The summed E-state index contributed by atoms with van der Waals surface area (Å²) < 4.78 is 0. The summed E-state index contributed by atoms with van der Waals surface area (Å²) in [6.07, 6.45) is 3.48. The molecule has 2 saturated heterocycles. The molecule has 2 heterocycles. The van der Waals surface area contributed by atoms with Gasteiger partial charge in [0.15, 0.2) is 0 Å². The van der Waals surface area contributed by atoms with Crippen molar-refractivity contribution < 1.29 is 9.59 Å². The van der Waals surface area contributed by atoms with Gasteiger partial charge in [0, 0.05) is 26.2 Å². The van der Waals surface area contributed by atoms with E-state index in [0.29, 0.717) is 24.6 Å². The first kappa shape index (κ1) is 17.3. The number of nitrogens with zero attached hydrogens (tertiary/aromatic N) is 3. The Hall–Kier alpha value is -2.55. The van der Waals surface area contributed by atoms with Crippen LogP contribution in [0.1, 0.15) is 42.7 Å². The van der Waals surface area contributed by atoms with Crippen molar-refractivity contribution in [3.8, 4) is 6.07 Å². The van der Waals surface area contributed by atoms with Crippen molar-refractivity contribution in [2.24, 2.45) is 11.7 Å². The fourth-order valence-electron chi connectivity index (χ4n) is 3.93. The molecular weight excluding hydrogens is 316 g/mol. The zero-order valence-corrected chi connectivity index (χ0v) is 14.4. The lowest BCUT2D eigenvalue weighted by molar-refractivity contribution is -0.138. The lowest BCUT2D eigenvalue weighted by atomic mass is 9.87. The van der Waals surface area contributed by atoms with Gasteiger partial charge in [-0.2, -0.15) is 5.26 Å². The highest BCUT2D eigenvalue weighted by atomic mass is 16.2. The van der Waals surface area contributed by atoms with Crippen LogP contribution >= 0.6 is 0 Å². The predicted octanol–water partition coefficient (Wildman–Crippen LogP) is 2.05. The van der Waals surface area contributed by atoms with Gasteiger partial charge < -0.3 is 15.5 Å². The van der Waals surface area contributed by atoms with Gasteiger partial charge in [0.05, 0.1) is 17.6 Å². The minimum atomic E-state index is -0.436. The summed E-state index contributed by atoms with van der Waals surface area (Å²) in [5.41, 5.74) is 7.22. The molecule has 0 spiro atoms. The molecule has 2 aliphatic heterocycles. The molecule has 0 bridgehead atoms. The number of hydrogen-bond donors (Lipinski definition) is 1. The van der Waals surface area contributed by atoms with Crippen molar-refractivity contribution in [2.45, 2.75) is 31.6 Å². The fraction of sp³-hybridized carbons (Fsp3) is 0.526. The van der Waals surface area contributed by atoms with E-state index in [-0.39, 0.29) is 11.8 Å². The summed E-state index contributed by atoms with van der Waals surface area (Å²) in [5, 5.41) is 9.04. The van der Waals surface area contributed by atoms with Crippen LogP contribution in [0.3, 0.4) is 0 Å². The van der Waals surface area contributed by atoms with E-state index in [1.54, 1.807) is 4.90 Å². The largest absolute Gasteiger partial charge is 0.351 e. The number of urea groups is 1. The van der Waals surface area contributed by atoms with Crippen molar-refractivity contribution in [1.29, 1.82) is 5.26 Å². The molecule has 2 N–H and O–H groups in total. The number of piperidine rings is 2. The van der Waals surface area contributed by atoms with E-state index in [9.17, 15) is 9.59 Å². The Labute approximate surface area is 148 Å². The molecule has 0 aliphatic carbocycles. The number of benzene rings is 1. The van der Waals surface area contributed by atoms with E-state index in [4.69, 9.17) is 11.0 Å². The number of carbonyl (C=O) groups is 2. The smallest absolute Gasteiger partial charge is 0.314 e. The topological polar surface area (TPSA) is 90.4 Å². The van der Waals surface area contributed by atoms with Gasteiger partial charge in [0.1, 0.15) is 0 Å². The lowest BCUT2D eigenvalue weighted by Crippen LogP contribution is -2.49. The third-order valence-electron chi connectivity index (χ3n) is 5.38. The third kappa shape index (κ3) is 3.93. The Balaban J connectivity index is 1.57. The monoisotopic (exact) mass is 340 g/mol. The van der Waals surface area contributed by atoms with Crippen LogP contribution in [0.2, 0.25) is 0 Å². The average Bonchev–Trinajstić information content (AvgIpc) is 2.67. The average molecular weight is 340 g/mol. The Morgan fingerprint density at radius 2 is 1.88 bits per heavy atom. The number of primary amides is 1. The van der Waals surface area contributed by atoms with Crippen molar-refractivity contribution in [3.63, 3.8) is 0 Å². The van der Waals surface area contributed by atoms with Gasteiger partial charge in [-0.05, 0) is 49.3 Å². The summed E-state index contributed by atoms with van der Waals surface area (Å²) in [5.74, 6) is 0.417. The van der Waals surface area contributed by atoms with Crippen LogP contribution in [0.15, 0.2) is 24.3 Å². The molecule has 2 fully saturated rings. The minimum Gasteiger partial charge on any atom is -0.351 e. The second kappa shape index (κ2) is 7.56. The van der Waals surface area contributed by atoms with Gasteiger partial charge in [-0.3, -0.25) is 4.79 Å². The van der Waals surface area contributed by atoms with Crippen molar-refractivity contribution in [3.05, 3.63) is 35.4 Å². The normalized spacial score (nSPS) is 21.6. The molecule has 2 aliphatic rings. The molecule has 132 valence electrons. The van der Waals surface area contributed by atoms with E-state index >= 15 is 0 Å². The van der Waals surface area contributed by atoms with Crippen molar-refractivity contribution in [2.75, 3.05) is 26.2 Å². The third-order valence-corrected chi connectivity index (χ3v) is 5.38.